The molecule has 3 aromatic rings. The van der Waals surface area contributed by atoms with Gasteiger partial charge in [-0.3, -0.25) is 9.52 Å². The molecule has 0 atom stereocenters. The van der Waals surface area contributed by atoms with E-state index in [1.54, 1.807) is 31.2 Å². The van der Waals surface area contributed by atoms with Gasteiger partial charge in [-0.25, -0.2) is 8.42 Å². The van der Waals surface area contributed by atoms with E-state index in [1.807, 2.05) is 45.9 Å². The van der Waals surface area contributed by atoms with Crippen LogP contribution in [0.5, 0.6) is 5.75 Å². The van der Waals surface area contributed by atoms with Crippen LogP contribution in [0.25, 0.3) is 0 Å². The van der Waals surface area contributed by atoms with E-state index >= 15 is 0 Å². The Kier molecular flexibility index (Phi) is 7.43. The minimum absolute atomic E-state index is 0.0693. The van der Waals surface area contributed by atoms with Crippen molar-refractivity contribution in [2.75, 3.05) is 17.9 Å². The van der Waals surface area contributed by atoms with Gasteiger partial charge in [0.2, 0.25) is 0 Å². The first-order valence-corrected chi connectivity index (χ1v) is 12.2. The Morgan fingerprint density at radius 1 is 0.818 bits per heavy atom. The van der Waals surface area contributed by atoms with E-state index < -0.39 is 10.0 Å². The van der Waals surface area contributed by atoms with Gasteiger partial charge in [-0.15, -0.1) is 0 Å². The first-order chi connectivity index (χ1) is 15.5. The van der Waals surface area contributed by atoms with Crippen molar-refractivity contribution in [1.82, 2.24) is 5.32 Å². The Morgan fingerprint density at radius 3 is 2.15 bits per heavy atom. The summed E-state index contributed by atoms with van der Waals surface area (Å²) >= 11 is 0. The van der Waals surface area contributed by atoms with Crippen LogP contribution in [0.15, 0.2) is 59.5 Å². The molecule has 0 spiro atoms. The number of anilines is 1. The maximum Gasteiger partial charge on any atom is 0.262 e. The van der Waals surface area contributed by atoms with E-state index in [2.05, 4.69) is 16.1 Å². The second kappa shape index (κ2) is 10.1. The summed E-state index contributed by atoms with van der Waals surface area (Å²) in [6, 6.07) is 16.0. The van der Waals surface area contributed by atoms with E-state index in [1.165, 1.54) is 6.07 Å². The lowest BCUT2D eigenvalue weighted by Gasteiger charge is -2.13. The van der Waals surface area contributed by atoms with Crippen molar-refractivity contribution < 1.29 is 17.9 Å². The van der Waals surface area contributed by atoms with Crippen molar-refractivity contribution in [2.45, 2.75) is 39.5 Å². The standard InChI is InChI=1S/C26H30N2O4S/c1-17-12-18(2)14-24(13-17)32-11-10-27-26(29)22-8-6-20(4)25(16-22)33(30,31)28-23-9-7-19(3)21(5)15-23/h6-9,12-16,28H,10-11H2,1-5H3,(H,27,29). The monoisotopic (exact) mass is 466 g/mol. The van der Waals surface area contributed by atoms with Gasteiger partial charge in [-0.1, -0.05) is 18.2 Å². The topological polar surface area (TPSA) is 84.5 Å². The Hall–Kier alpha value is -3.32. The van der Waals surface area contributed by atoms with Crippen molar-refractivity contribution in [3.05, 3.63) is 88.0 Å². The summed E-state index contributed by atoms with van der Waals surface area (Å²) in [5.74, 6) is 0.393. The molecule has 0 unspecified atom stereocenters. The third-order valence-electron chi connectivity index (χ3n) is 5.35. The second-order valence-electron chi connectivity index (χ2n) is 8.31. The molecule has 7 heteroatoms. The average molecular weight is 467 g/mol. The Balaban J connectivity index is 1.66. The minimum atomic E-state index is -3.85. The normalized spacial score (nSPS) is 11.2. The maximum atomic E-state index is 13.0. The van der Waals surface area contributed by atoms with Crippen LogP contribution in [0.4, 0.5) is 5.69 Å². The number of carbonyl (C=O) groups excluding carboxylic acids is 1. The summed E-state index contributed by atoms with van der Waals surface area (Å²) < 4.78 is 34.3. The molecule has 0 aliphatic rings. The van der Waals surface area contributed by atoms with Crippen molar-refractivity contribution in [3.63, 3.8) is 0 Å². The zero-order valence-corrected chi connectivity index (χ0v) is 20.5. The molecule has 0 aromatic heterocycles. The predicted octanol–water partition coefficient (Wildman–Crippen LogP) is 4.84. The molecule has 0 bridgehead atoms. The van der Waals surface area contributed by atoms with Gasteiger partial charge in [0.25, 0.3) is 15.9 Å². The molecular weight excluding hydrogens is 436 g/mol. The van der Waals surface area contributed by atoms with E-state index in [9.17, 15) is 13.2 Å². The number of sulfonamides is 1. The fraction of sp³-hybridized carbons (Fsp3) is 0.269. The summed E-state index contributed by atoms with van der Waals surface area (Å²) in [6.45, 7) is 10.2. The fourth-order valence-corrected chi connectivity index (χ4v) is 4.82. The lowest BCUT2D eigenvalue weighted by molar-refractivity contribution is 0.0946. The minimum Gasteiger partial charge on any atom is -0.492 e. The van der Waals surface area contributed by atoms with Gasteiger partial charge < -0.3 is 10.1 Å². The predicted molar refractivity (Wildman–Crippen MR) is 132 cm³/mol. The van der Waals surface area contributed by atoms with Crippen LogP contribution in [-0.4, -0.2) is 27.5 Å². The third-order valence-corrected chi connectivity index (χ3v) is 6.87. The Morgan fingerprint density at radius 2 is 1.48 bits per heavy atom. The smallest absolute Gasteiger partial charge is 0.262 e. The molecular formula is C26H30N2O4S. The molecule has 3 aromatic carbocycles. The largest absolute Gasteiger partial charge is 0.492 e. The molecule has 3 rings (SSSR count). The summed E-state index contributed by atoms with van der Waals surface area (Å²) in [7, 11) is -3.85. The van der Waals surface area contributed by atoms with Crippen LogP contribution in [0.1, 0.15) is 38.2 Å². The number of benzene rings is 3. The Labute approximate surface area is 196 Å². The number of hydrogen-bond acceptors (Lipinski definition) is 4. The van der Waals surface area contributed by atoms with Gasteiger partial charge in [0, 0.05) is 11.3 Å². The molecule has 33 heavy (non-hydrogen) atoms. The molecule has 0 aliphatic heterocycles. The number of amides is 1. The highest BCUT2D eigenvalue weighted by atomic mass is 32.2. The number of hydrogen-bond donors (Lipinski definition) is 2. The number of rotatable bonds is 8. The van der Waals surface area contributed by atoms with E-state index in [-0.39, 0.29) is 16.4 Å². The molecule has 0 saturated heterocycles. The van der Waals surface area contributed by atoms with E-state index in [0.717, 1.165) is 28.0 Å². The van der Waals surface area contributed by atoms with E-state index in [0.29, 0.717) is 24.4 Å². The number of ether oxygens (including phenoxy) is 1. The van der Waals surface area contributed by atoms with Crippen LogP contribution in [-0.2, 0) is 10.0 Å². The van der Waals surface area contributed by atoms with Crippen molar-refractivity contribution >= 4 is 21.6 Å². The number of aryl methyl sites for hydroxylation is 5. The lowest BCUT2D eigenvalue weighted by atomic mass is 10.1. The zero-order chi connectivity index (χ0) is 24.2. The summed E-state index contributed by atoms with van der Waals surface area (Å²) in [5, 5.41) is 2.78. The van der Waals surface area contributed by atoms with Gasteiger partial charge >= 0.3 is 0 Å². The highest BCUT2D eigenvalue weighted by Gasteiger charge is 2.19. The molecule has 0 radical (unpaired) electrons. The molecule has 174 valence electrons. The fourth-order valence-electron chi connectivity index (χ4n) is 3.50. The maximum absolute atomic E-state index is 13.0. The highest BCUT2D eigenvalue weighted by molar-refractivity contribution is 7.92. The SMILES string of the molecule is Cc1cc(C)cc(OCCNC(=O)c2ccc(C)c(S(=O)(=O)Nc3ccc(C)c(C)c3)c2)c1. The zero-order valence-electron chi connectivity index (χ0n) is 19.7. The quantitative estimate of drug-likeness (QED) is 0.465. The van der Waals surface area contributed by atoms with Crippen molar-refractivity contribution in [1.29, 1.82) is 0 Å². The molecule has 6 nitrogen and oxygen atoms in total. The van der Waals surface area contributed by atoms with Crippen LogP contribution in [0.3, 0.4) is 0 Å². The molecule has 1 amide bonds. The molecule has 0 aliphatic carbocycles. The van der Waals surface area contributed by atoms with Crippen LogP contribution in [0.2, 0.25) is 0 Å². The molecule has 0 heterocycles. The van der Waals surface area contributed by atoms with Gasteiger partial charge in [-0.05, 0) is 98.8 Å². The van der Waals surface area contributed by atoms with Crippen molar-refractivity contribution in [3.8, 4) is 5.75 Å². The first kappa shape index (κ1) is 24.3. The summed E-state index contributed by atoms with van der Waals surface area (Å²) in [4.78, 5) is 12.7. The number of nitrogens with one attached hydrogen (secondary N) is 2. The second-order valence-corrected chi connectivity index (χ2v) is 9.96. The lowest BCUT2D eigenvalue weighted by Crippen LogP contribution is -2.28. The third kappa shape index (κ3) is 6.35. The van der Waals surface area contributed by atoms with Crippen molar-refractivity contribution in [2.24, 2.45) is 0 Å². The van der Waals surface area contributed by atoms with Gasteiger partial charge in [0.1, 0.15) is 12.4 Å². The van der Waals surface area contributed by atoms with Gasteiger partial charge in [0.05, 0.1) is 11.4 Å². The average Bonchev–Trinajstić information content (AvgIpc) is 2.73. The van der Waals surface area contributed by atoms with Gasteiger partial charge in [-0.2, -0.15) is 0 Å². The van der Waals surface area contributed by atoms with Crippen LogP contribution < -0.4 is 14.8 Å². The number of carbonyl (C=O) groups is 1. The molecule has 0 saturated carbocycles. The van der Waals surface area contributed by atoms with Crippen LogP contribution in [0, 0.1) is 34.6 Å². The molecule has 2 N–H and O–H groups in total. The highest BCUT2D eigenvalue weighted by Crippen LogP contribution is 2.22. The Bertz CT molecular complexity index is 1260. The van der Waals surface area contributed by atoms with Crippen LogP contribution >= 0.6 is 0 Å². The van der Waals surface area contributed by atoms with Gasteiger partial charge in [0.15, 0.2) is 0 Å². The van der Waals surface area contributed by atoms with E-state index in [4.69, 9.17) is 4.74 Å². The first-order valence-electron chi connectivity index (χ1n) is 10.8. The summed E-state index contributed by atoms with van der Waals surface area (Å²) in [5.41, 5.74) is 5.59. The molecule has 0 fully saturated rings. The summed E-state index contributed by atoms with van der Waals surface area (Å²) in [6.07, 6.45) is 0.